The number of hydrogen-bond acceptors (Lipinski definition) is 6. The Morgan fingerprint density at radius 2 is 2.29 bits per heavy atom. The fourth-order valence-electron chi connectivity index (χ4n) is 3.61. The van der Waals surface area contributed by atoms with Gasteiger partial charge in [0, 0.05) is 30.0 Å². The summed E-state index contributed by atoms with van der Waals surface area (Å²) in [6, 6.07) is 8.22. The molecule has 3 aromatic rings. The van der Waals surface area contributed by atoms with E-state index < -0.39 is 0 Å². The molecule has 0 aliphatic carbocycles. The van der Waals surface area contributed by atoms with Crippen molar-refractivity contribution in [3.8, 4) is 5.75 Å². The molecule has 0 radical (unpaired) electrons. The number of benzene rings is 1. The van der Waals surface area contributed by atoms with E-state index >= 15 is 0 Å². The van der Waals surface area contributed by atoms with Gasteiger partial charge < -0.3 is 14.8 Å². The van der Waals surface area contributed by atoms with E-state index in [2.05, 4.69) is 41.3 Å². The van der Waals surface area contributed by atoms with Crippen molar-refractivity contribution in [1.82, 2.24) is 10.3 Å². The maximum Gasteiger partial charge on any atom is 0.157 e. The van der Waals surface area contributed by atoms with Gasteiger partial charge in [0.2, 0.25) is 0 Å². The lowest BCUT2D eigenvalue weighted by atomic mass is 10.0. The predicted octanol–water partition coefficient (Wildman–Crippen LogP) is 4.67. The van der Waals surface area contributed by atoms with Crippen LogP contribution in [0.1, 0.15) is 23.2 Å². The normalized spacial score (nSPS) is 18.7. The first-order valence-corrected chi connectivity index (χ1v) is 10.3. The molecule has 1 N–H and O–H groups in total. The quantitative estimate of drug-likeness (QED) is 0.702. The second-order valence-electron chi connectivity index (χ2n) is 7.27. The third-order valence-electron chi connectivity index (χ3n) is 5.18. The van der Waals surface area contributed by atoms with Gasteiger partial charge >= 0.3 is 0 Å². The highest BCUT2D eigenvalue weighted by Crippen LogP contribution is 2.36. The third-order valence-corrected chi connectivity index (χ3v) is 6.05. The smallest absolute Gasteiger partial charge is 0.157 e. The van der Waals surface area contributed by atoms with Crippen molar-refractivity contribution in [2.24, 2.45) is 10.9 Å². The second kappa shape index (κ2) is 7.04. The van der Waals surface area contributed by atoms with E-state index in [0.717, 1.165) is 59.4 Å². The summed E-state index contributed by atoms with van der Waals surface area (Å²) in [5, 5.41) is 6.56. The van der Waals surface area contributed by atoms with Crippen molar-refractivity contribution in [3.05, 3.63) is 59.2 Å². The van der Waals surface area contributed by atoms with Gasteiger partial charge in [-0.1, -0.05) is 6.58 Å². The number of aromatic nitrogens is 1. The second-order valence-corrected chi connectivity index (χ2v) is 8.22. The molecule has 2 aliphatic rings. The van der Waals surface area contributed by atoms with Crippen LogP contribution in [-0.2, 0) is 4.74 Å². The highest BCUT2D eigenvalue weighted by atomic mass is 32.1. The summed E-state index contributed by atoms with van der Waals surface area (Å²) < 4.78 is 12.6. The summed E-state index contributed by atoms with van der Waals surface area (Å²) in [5.41, 5.74) is 4.58. The number of thiophene rings is 1. The Bertz CT molecular complexity index is 1100. The predicted molar refractivity (Wildman–Crippen MR) is 114 cm³/mol. The van der Waals surface area contributed by atoms with E-state index in [-0.39, 0.29) is 0 Å². The largest absolute Gasteiger partial charge is 0.493 e. The number of aliphatic imine (C=N–C) groups is 1. The lowest BCUT2D eigenvalue weighted by molar-refractivity contribution is 0.167. The zero-order valence-electron chi connectivity index (χ0n) is 15.7. The van der Waals surface area contributed by atoms with Gasteiger partial charge in [0.25, 0.3) is 0 Å². The van der Waals surface area contributed by atoms with Crippen LogP contribution in [0.2, 0.25) is 0 Å². The SMILES string of the molecule is C=C1NC(c2cc3ccsc3cn2)=Nc2c(C)cc(OCC3CCOC3)cc21. The molecule has 0 saturated carbocycles. The highest BCUT2D eigenvalue weighted by Gasteiger charge is 2.21. The van der Waals surface area contributed by atoms with E-state index in [0.29, 0.717) is 12.5 Å². The van der Waals surface area contributed by atoms with Gasteiger partial charge in [-0.15, -0.1) is 11.3 Å². The van der Waals surface area contributed by atoms with Crippen molar-refractivity contribution < 1.29 is 9.47 Å². The Hall–Kier alpha value is -2.70. The maximum absolute atomic E-state index is 6.03. The topological polar surface area (TPSA) is 55.7 Å². The standard InChI is InChI=1S/C22H21N3O2S/c1-13-7-17(27-12-15-3-5-26-11-15)9-18-14(2)24-22(25-21(13)18)19-8-16-4-6-28-20(16)10-23-19/h4,6-10,15H,2-3,5,11-12H2,1H3,(H,24,25). The number of ether oxygens (including phenoxy) is 2. The Labute approximate surface area is 167 Å². The fourth-order valence-corrected chi connectivity index (χ4v) is 4.34. The number of amidine groups is 1. The molecule has 4 heterocycles. The maximum atomic E-state index is 6.03. The number of nitrogens with zero attached hydrogens (tertiary/aromatic N) is 2. The van der Waals surface area contributed by atoms with Crippen molar-refractivity contribution in [3.63, 3.8) is 0 Å². The number of nitrogens with one attached hydrogen (secondary N) is 1. The summed E-state index contributed by atoms with van der Waals surface area (Å²) in [7, 11) is 0. The summed E-state index contributed by atoms with van der Waals surface area (Å²) >= 11 is 1.69. The number of aryl methyl sites for hydroxylation is 1. The Morgan fingerprint density at radius 3 is 3.14 bits per heavy atom. The van der Waals surface area contributed by atoms with E-state index in [1.165, 1.54) is 10.1 Å². The fraction of sp³-hybridized carbons (Fsp3) is 0.273. The van der Waals surface area contributed by atoms with Crippen LogP contribution in [0, 0.1) is 12.8 Å². The van der Waals surface area contributed by atoms with E-state index in [9.17, 15) is 0 Å². The van der Waals surface area contributed by atoms with E-state index in [1.54, 1.807) is 11.3 Å². The first kappa shape index (κ1) is 17.4. The van der Waals surface area contributed by atoms with Gasteiger partial charge in [-0.05, 0) is 53.9 Å². The van der Waals surface area contributed by atoms with Crippen LogP contribution in [0.5, 0.6) is 5.75 Å². The van der Waals surface area contributed by atoms with Gasteiger partial charge in [-0.3, -0.25) is 4.98 Å². The zero-order chi connectivity index (χ0) is 19.1. The molecule has 5 nitrogen and oxygen atoms in total. The van der Waals surface area contributed by atoms with Crippen LogP contribution in [-0.4, -0.2) is 30.6 Å². The molecule has 0 bridgehead atoms. The molecule has 28 heavy (non-hydrogen) atoms. The number of fused-ring (bicyclic) bond motifs is 2. The Kier molecular flexibility index (Phi) is 4.37. The van der Waals surface area contributed by atoms with Crippen LogP contribution < -0.4 is 10.1 Å². The minimum atomic E-state index is 0.473. The summed E-state index contributed by atoms with van der Waals surface area (Å²) in [4.78, 5) is 9.42. The van der Waals surface area contributed by atoms with Crippen LogP contribution in [0.25, 0.3) is 15.8 Å². The van der Waals surface area contributed by atoms with Crippen molar-refractivity contribution in [2.45, 2.75) is 13.3 Å². The van der Waals surface area contributed by atoms with Gasteiger partial charge in [0.15, 0.2) is 5.84 Å². The van der Waals surface area contributed by atoms with Crippen LogP contribution in [0.4, 0.5) is 5.69 Å². The van der Waals surface area contributed by atoms with Crippen LogP contribution >= 0.6 is 11.3 Å². The Balaban J connectivity index is 1.46. The van der Waals surface area contributed by atoms with E-state index in [1.807, 2.05) is 18.3 Å². The molecule has 1 atom stereocenters. The molecular weight excluding hydrogens is 370 g/mol. The van der Waals surface area contributed by atoms with Crippen LogP contribution in [0.15, 0.2) is 47.4 Å². The molecule has 1 unspecified atom stereocenters. The molecule has 1 saturated heterocycles. The third kappa shape index (κ3) is 3.19. The van der Waals surface area contributed by atoms with Crippen molar-refractivity contribution in [2.75, 3.05) is 19.8 Å². The molecule has 2 aromatic heterocycles. The summed E-state index contributed by atoms with van der Waals surface area (Å²) in [5.74, 6) is 2.05. The molecule has 2 aliphatic heterocycles. The monoisotopic (exact) mass is 391 g/mol. The summed E-state index contributed by atoms with van der Waals surface area (Å²) in [6.07, 6.45) is 2.96. The molecule has 6 heteroatoms. The number of hydrogen-bond donors (Lipinski definition) is 1. The van der Waals surface area contributed by atoms with E-state index in [4.69, 9.17) is 14.5 Å². The molecule has 142 valence electrons. The van der Waals surface area contributed by atoms with Gasteiger partial charge in [-0.2, -0.15) is 0 Å². The highest BCUT2D eigenvalue weighted by molar-refractivity contribution is 7.17. The molecule has 0 spiro atoms. The Morgan fingerprint density at radius 1 is 1.36 bits per heavy atom. The minimum absolute atomic E-state index is 0.473. The van der Waals surface area contributed by atoms with Crippen LogP contribution in [0.3, 0.4) is 0 Å². The first-order chi connectivity index (χ1) is 13.7. The minimum Gasteiger partial charge on any atom is -0.493 e. The summed E-state index contributed by atoms with van der Waals surface area (Å²) in [6.45, 7) is 8.56. The number of rotatable bonds is 4. The molecule has 0 amide bonds. The lowest BCUT2D eigenvalue weighted by Crippen LogP contribution is -2.26. The van der Waals surface area contributed by atoms with Gasteiger partial charge in [-0.25, -0.2) is 4.99 Å². The first-order valence-electron chi connectivity index (χ1n) is 9.41. The molecule has 1 fully saturated rings. The van der Waals surface area contributed by atoms with Crippen molar-refractivity contribution >= 4 is 38.6 Å². The average molecular weight is 391 g/mol. The number of pyridine rings is 1. The lowest BCUT2D eigenvalue weighted by Gasteiger charge is -2.22. The molecule has 1 aromatic carbocycles. The van der Waals surface area contributed by atoms with Crippen molar-refractivity contribution in [1.29, 1.82) is 0 Å². The van der Waals surface area contributed by atoms with Gasteiger partial charge in [0.05, 0.1) is 23.6 Å². The average Bonchev–Trinajstić information content (AvgIpc) is 3.38. The molecular formula is C22H21N3O2S. The molecule has 5 rings (SSSR count). The van der Waals surface area contributed by atoms with Gasteiger partial charge in [0.1, 0.15) is 11.4 Å². The zero-order valence-corrected chi connectivity index (χ0v) is 16.5.